The number of nitrogens with one attached hydrogen (secondary N) is 2. The maximum absolute atomic E-state index is 14.3. The Morgan fingerprint density at radius 2 is 1.56 bits per heavy atom. The molecule has 0 saturated carbocycles. The van der Waals surface area contributed by atoms with Crippen LogP contribution in [0.15, 0.2) is 109 Å². The van der Waals surface area contributed by atoms with E-state index in [4.69, 9.17) is 0 Å². The van der Waals surface area contributed by atoms with Crippen LogP contribution in [-0.4, -0.2) is 39.8 Å². The minimum Gasteiger partial charge on any atom is -0.356 e. The highest BCUT2D eigenvalue weighted by molar-refractivity contribution is 6.24. The summed E-state index contributed by atoms with van der Waals surface area (Å²) < 4.78 is 0. The number of nitrogens with zero attached hydrogens (tertiary/aromatic N) is 2. The van der Waals surface area contributed by atoms with Crippen molar-refractivity contribution in [2.45, 2.75) is 44.3 Å². The van der Waals surface area contributed by atoms with Crippen LogP contribution in [0, 0.1) is 0 Å². The molecule has 7 nitrogen and oxygen atoms in total. The lowest BCUT2D eigenvalue weighted by atomic mass is 9.89. The van der Waals surface area contributed by atoms with Gasteiger partial charge in [-0.25, -0.2) is 9.69 Å². The van der Waals surface area contributed by atoms with Crippen molar-refractivity contribution in [3.05, 3.63) is 137 Å². The Morgan fingerprint density at radius 3 is 2.35 bits per heavy atom. The topological polar surface area (TPSA) is 85.5 Å². The summed E-state index contributed by atoms with van der Waals surface area (Å²) in [6, 6.07) is 33.2. The summed E-state index contributed by atoms with van der Waals surface area (Å²) in [5, 5.41) is 4.14. The average molecular weight is 569 g/mol. The molecule has 3 heterocycles. The van der Waals surface area contributed by atoms with Crippen molar-refractivity contribution in [1.82, 2.24) is 15.2 Å². The zero-order valence-electron chi connectivity index (χ0n) is 23.9. The Kier molecular flexibility index (Phi) is 6.78. The van der Waals surface area contributed by atoms with E-state index in [0.717, 1.165) is 40.6 Å². The number of benzene rings is 4. The van der Waals surface area contributed by atoms with E-state index < -0.39 is 18.1 Å². The maximum Gasteiger partial charge on any atom is 0.332 e. The summed E-state index contributed by atoms with van der Waals surface area (Å²) in [7, 11) is 0. The molecule has 1 aromatic heterocycles. The molecule has 1 saturated heterocycles. The van der Waals surface area contributed by atoms with Crippen molar-refractivity contribution in [2.75, 3.05) is 4.90 Å². The fourth-order valence-corrected chi connectivity index (χ4v) is 6.54. The van der Waals surface area contributed by atoms with Crippen molar-refractivity contribution >= 4 is 34.4 Å². The molecule has 7 rings (SSSR count). The van der Waals surface area contributed by atoms with Crippen LogP contribution in [-0.2, 0) is 17.6 Å². The summed E-state index contributed by atoms with van der Waals surface area (Å²) in [6.45, 7) is 1.97. The van der Waals surface area contributed by atoms with Gasteiger partial charge in [-0.05, 0) is 54.7 Å². The van der Waals surface area contributed by atoms with Crippen molar-refractivity contribution in [3.63, 3.8) is 0 Å². The lowest BCUT2D eigenvalue weighted by Crippen LogP contribution is -2.44. The highest BCUT2D eigenvalue weighted by atomic mass is 16.2. The van der Waals surface area contributed by atoms with Gasteiger partial charge in [-0.3, -0.25) is 14.5 Å². The summed E-state index contributed by atoms with van der Waals surface area (Å²) in [6.07, 6.45) is 1.99. The molecule has 4 aromatic carbocycles. The number of para-hydroxylation sites is 2. The molecule has 7 heteroatoms. The molecule has 4 amide bonds. The van der Waals surface area contributed by atoms with Gasteiger partial charge in [-0.15, -0.1) is 0 Å². The molecule has 0 radical (unpaired) electrons. The Hall–Kier alpha value is -5.17. The number of urea groups is 1. The molecule has 0 unspecified atom stereocenters. The Labute approximate surface area is 250 Å². The predicted octanol–water partition coefficient (Wildman–Crippen LogP) is 6.40. The number of hydrogen-bond acceptors (Lipinski definition) is 3. The summed E-state index contributed by atoms with van der Waals surface area (Å²) in [4.78, 5) is 48.5. The van der Waals surface area contributed by atoms with E-state index in [-0.39, 0.29) is 17.9 Å². The second-order valence-electron chi connectivity index (χ2n) is 11.4. The lowest BCUT2D eigenvalue weighted by Gasteiger charge is -2.36. The van der Waals surface area contributed by atoms with Gasteiger partial charge in [0.05, 0.1) is 11.3 Å². The van der Waals surface area contributed by atoms with Crippen molar-refractivity contribution in [3.8, 4) is 0 Å². The Morgan fingerprint density at radius 1 is 0.884 bits per heavy atom. The number of aromatic nitrogens is 1. The van der Waals surface area contributed by atoms with Gasteiger partial charge in [0.25, 0.3) is 11.8 Å². The van der Waals surface area contributed by atoms with Gasteiger partial charge in [0.15, 0.2) is 0 Å². The fraction of sp³-hybridized carbons (Fsp3) is 0.194. The van der Waals surface area contributed by atoms with Crippen LogP contribution in [0.3, 0.4) is 0 Å². The number of H-pyrrole nitrogens is 1. The number of imide groups is 1. The third-order valence-corrected chi connectivity index (χ3v) is 8.64. The number of rotatable bonds is 7. The predicted molar refractivity (Wildman–Crippen MR) is 167 cm³/mol. The lowest BCUT2D eigenvalue weighted by molar-refractivity contribution is -0.120. The van der Waals surface area contributed by atoms with Crippen molar-refractivity contribution in [1.29, 1.82) is 0 Å². The first-order valence-corrected chi connectivity index (χ1v) is 14.8. The van der Waals surface area contributed by atoms with Crippen LogP contribution in [0.1, 0.15) is 52.1 Å². The first-order valence-electron chi connectivity index (χ1n) is 14.8. The minimum absolute atomic E-state index is 0.0992. The quantitative estimate of drug-likeness (QED) is 0.223. The molecule has 2 N–H and O–H groups in total. The number of anilines is 1. The minimum atomic E-state index is -0.690. The molecule has 2 aliphatic rings. The van der Waals surface area contributed by atoms with Gasteiger partial charge in [0.1, 0.15) is 12.1 Å². The molecule has 214 valence electrons. The monoisotopic (exact) mass is 568 g/mol. The Balaban J connectivity index is 1.21. The van der Waals surface area contributed by atoms with E-state index in [2.05, 4.69) is 28.5 Å². The van der Waals surface area contributed by atoms with Gasteiger partial charge in [0.2, 0.25) is 0 Å². The summed E-state index contributed by atoms with van der Waals surface area (Å²) >= 11 is 0. The van der Waals surface area contributed by atoms with Crippen LogP contribution in [0.2, 0.25) is 0 Å². The highest BCUT2D eigenvalue weighted by Gasteiger charge is 2.53. The largest absolute Gasteiger partial charge is 0.356 e. The van der Waals surface area contributed by atoms with E-state index in [1.165, 1.54) is 10.5 Å². The van der Waals surface area contributed by atoms with Crippen LogP contribution in [0.5, 0.6) is 0 Å². The molecule has 1 fully saturated rings. The molecular formula is C36H32N4O3. The van der Waals surface area contributed by atoms with E-state index in [1.54, 1.807) is 29.2 Å². The standard InChI is InChI=1S/C36H32N4O3/c1-23(20-21-24-12-4-2-5-13-24)37-34(41)27-17-9-11-19-30(27)40-35(42)31-22-28-26-16-8-10-18-29(26)38-32(28)33(39(31)36(40)43)25-14-6-3-7-15-25/h2-19,23,31,33,38H,20-22H2,1H3,(H,37,41)/t23-,31-,33+/m0/s1. The number of carbonyl (C=O) groups is 3. The second kappa shape index (κ2) is 10.9. The van der Waals surface area contributed by atoms with Crippen molar-refractivity contribution in [2.24, 2.45) is 0 Å². The van der Waals surface area contributed by atoms with Gasteiger partial charge in [-0.2, -0.15) is 0 Å². The number of aromatic amines is 1. The molecule has 5 aromatic rings. The molecule has 3 atom stereocenters. The van der Waals surface area contributed by atoms with Crippen molar-refractivity contribution < 1.29 is 14.4 Å². The number of hydrogen-bond donors (Lipinski definition) is 2. The second-order valence-corrected chi connectivity index (χ2v) is 11.4. The van der Waals surface area contributed by atoms with Crippen LogP contribution in [0.4, 0.5) is 10.5 Å². The first kappa shape index (κ1) is 26.7. The summed E-state index contributed by atoms with van der Waals surface area (Å²) in [5.74, 6) is -0.628. The van der Waals surface area contributed by atoms with E-state index >= 15 is 0 Å². The molecule has 2 aliphatic heterocycles. The highest BCUT2D eigenvalue weighted by Crippen LogP contribution is 2.45. The SMILES string of the molecule is C[C@@H](CCc1ccccc1)NC(=O)c1ccccc1N1C(=O)[C@@H]2Cc3c([nH]c4ccccc34)[C@@H](c3ccccc3)N2C1=O. The van der Waals surface area contributed by atoms with Gasteiger partial charge < -0.3 is 10.3 Å². The third kappa shape index (κ3) is 4.67. The number of aryl methyl sites for hydroxylation is 1. The molecule has 0 bridgehead atoms. The number of amides is 4. The first-order chi connectivity index (χ1) is 21.0. The van der Waals surface area contributed by atoms with Crippen LogP contribution >= 0.6 is 0 Å². The van der Waals surface area contributed by atoms with E-state index in [0.29, 0.717) is 17.7 Å². The normalized spacial score (nSPS) is 18.4. The third-order valence-electron chi connectivity index (χ3n) is 8.64. The molecule has 43 heavy (non-hydrogen) atoms. The summed E-state index contributed by atoms with van der Waals surface area (Å²) in [5.41, 5.74) is 5.68. The Bertz CT molecular complexity index is 1830. The number of fused-ring (bicyclic) bond motifs is 4. The molecule has 0 aliphatic carbocycles. The van der Waals surface area contributed by atoms with Crippen LogP contribution < -0.4 is 10.2 Å². The van der Waals surface area contributed by atoms with Gasteiger partial charge >= 0.3 is 6.03 Å². The zero-order valence-corrected chi connectivity index (χ0v) is 23.9. The maximum atomic E-state index is 14.3. The van der Waals surface area contributed by atoms with Crippen LogP contribution in [0.25, 0.3) is 10.9 Å². The zero-order chi connectivity index (χ0) is 29.5. The molecular weight excluding hydrogens is 536 g/mol. The van der Waals surface area contributed by atoms with E-state index in [9.17, 15) is 14.4 Å². The van der Waals surface area contributed by atoms with E-state index in [1.807, 2.05) is 73.7 Å². The average Bonchev–Trinajstić information content (AvgIpc) is 3.53. The van der Waals surface area contributed by atoms with Gasteiger partial charge in [0, 0.05) is 29.1 Å². The van der Waals surface area contributed by atoms with Gasteiger partial charge in [-0.1, -0.05) is 91.0 Å². The smallest absolute Gasteiger partial charge is 0.332 e. The number of carbonyl (C=O) groups excluding carboxylic acids is 3. The fourth-order valence-electron chi connectivity index (χ4n) is 6.54. The molecule has 0 spiro atoms.